The van der Waals surface area contributed by atoms with E-state index in [0.717, 1.165) is 12.8 Å². The monoisotopic (exact) mass is 240 g/mol. The minimum atomic E-state index is -0.398. The fourth-order valence-corrected chi connectivity index (χ4v) is 2.62. The van der Waals surface area contributed by atoms with Gasteiger partial charge in [-0.1, -0.05) is 0 Å². The third-order valence-electron chi connectivity index (χ3n) is 4.36. The van der Waals surface area contributed by atoms with Crippen LogP contribution < -0.4 is 11.1 Å². The van der Waals surface area contributed by atoms with Gasteiger partial charge in [0.2, 0.25) is 5.91 Å². The van der Waals surface area contributed by atoms with Crippen LogP contribution >= 0.6 is 0 Å². The highest BCUT2D eigenvalue weighted by Crippen LogP contribution is 2.40. The molecular weight excluding hydrogens is 216 g/mol. The Labute approximate surface area is 103 Å². The number of carbonyl (C=O) groups excluding carboxylic acids is 1. The van der Waals surface area contributed by atoms with Crippen molar-refractivity contribution in [1.82, 2.24) is 5.32 Å². The molecular formula is C13H24N2O2. The van der Waals surface area contributed by atoms with Gasteiger partial charge in [-0.25, -0.2) is 0 Å². The third kappa shape index (κ3) is 2.63. The van der Waals surface area contributed by atoms with E-state index in [0.29, 0.717) is 25.7 Å². The lowest BCUT2D eigenvalue weighted by Crippen LogP contribution is -2.55. The summed E-state index contributed by atoms with van der Waals surface area (Å²) in [6.45, 7) is 5.95. The van der Waals surface area contributed by atoms with Crippen molar-refractivity contribution in [2.24, 2.45) is 17.1 Å². The average Bonchev–Trinajstić information content (AvgIpc) is 3.13. The largest absolute Gasteiger partial charge is 0.381 e. The van der Waals surface area contributed by atoms with Crippen molar-refractivity contribution in [3.8, 4) is 0 Å². The van der Waals surface area contributed by atoms with Gasteiger partial charge in [0.1, 0.15) is 0 Å². The summed E-state index contributed by atoms with van der Waals surface area (Å²) in [5.41, 5.74) is 5.35. The van der Waals surface area contributed by atoms with Gasteiger partial charge in [-0.3, -0.25) is 4.79 Å². The molecule has 0 spiro atoms. The molecule has 98 valence electrons. The van der Waals surface area contributed by atoms with E-state index in [2.05, 4.69) is 19.2 Å². The van der Waals surface area contributed by atoms with E-state index in [1.54, 1.807) is 0 Å². The number of hydrogen-bond donors (Lipinski definition) is 2. The Bertz CT molecular complexity index is 292. The van der Waals surface area contributed by atoms with Crippen molar-refractivity contribution in [2.45, 2.75) is 45.1 Å². The molecule has 4 nitrogen and oxygen atoms in total. The molecule has 2 fully saturated rings. The van der Waals surface area contributed by atoms with Crippen molar-refractivity contribution >= 4 is 5.91 Å². The maximum atomic E-state index is 12.5. The minimum absolute atomic E-state index is 0.0858. The summed E-state index contributed by atoms with van der Waals surface area (Å²) in [5, 5.41) is 3.21. The minimum Gasteiger partial charge on any atom is -0.381 e. The lowest BCUT2D eigenvalue weighted by molar-refractivity contribution is -0.137. The predicted octanol–water partition coefficient (Wildman–Crippen LogP) is 1.05. The van der Waals surface area contributed by atoms with Crippen LogP contribution in [-0.2, 0) is 9.53 Å². The number of ether oxygens (including phenoxy) is 1. The first-order valence-corrected chi connectivity index (χ1v) is 6.61. The molecule has 4 heteroatoms. The maximum Gasteiger partial charge on any atom is 0.228 e. The zero-order valence-corrected chi connectivity index (χ0v) is 10.9. The molecule has 0 aromatic carbocycles. The Hall–Kier alpha value is -0.610. The molecule has 1 aliphatic heterocycles. The Kier molecular flexibility index (Phi) is 3.46. The molecule has 0 radical (unpaired) electrons. The van der Waals surface area contributed by atoms with E-state index >= 15 is 0 Å². The Morgan fingerprint density at radius 1 is 1.41 bits per heavy atom. The van der Waals surface area contributed by atoms with Gasteiger partial charge in [0.25, 0.3) is 0 Å². The molecule has 17 heavy (non-hydrogen) atoms. The van der Waals surface area contributed by atoms with Gasteiger partial charge in [-0.2, -0.15) is 0 Å². The lowest BCUT2D eigenvalue weighted by Gasteiger charge is -2.38. The molecule has 1 saturated carbocycles. The summed E-state index contributed by atoms with van der Waals surface area (Å²) in [7, 11) is 0. The van der Waals surface area contributed by atoms with Crippen LogP contribution in [0.2, 0.25) is 0 Å². The zero-order valence-electron chi connectivity index (χ0n) is 10.9. The second-order valence-corrected chi connectivity index (χ2v) is 6.05. The molecule has 2 rings (SSSR count). The Morgan fingerprint density at radius 3 is 2.47 bits per heavy atom. The molecule has 1 saturated heterocycles. The highest BCUT2D eigenvalue weighted by Gasteiger charge is 2.44. The van der Waals surface area contributed by atoms with Crippen LogP contribution in [0, 0.1) is 11.3 Å². The van der Waals surface area contributed by atoms with Crippen molar-refractivity contribution in [2.75, 3.05) is 19.8 Å². The second kappa shape index (κ2) is 4.58. The Balaban J connectivity index is 2.01. The van der Waals surface area contributed by atoms with Crippen LogP contribution in [-0.4, -0.2) is 31.2 Å². The summed E-state index contributed by atoms with van der Waals surface area (Å²) < 4.78 is 5.33. The van der Waals surface area contributed by atoms with Gasteiger partial charge in [0, 0.05) is 25.3 Å². The summed E-state index contributed by atoms with van der Waals surface area (Å²) in [4.78, 5) is 12.5. The first-order chi connectivity index (χ1) is 8.00. The van der Waals surface area contributed by atoms with E-state index < -0.39 is 5.41 Å². The topological polar surface area (TPSA) is 64.4 Å². The van der Waals surface area contributed by atoms with Crippen molar-refractivity contribution < 1.29 is 9.53 Å². The molecule has 3 N–H and O–H groups in total. The molecule has 2 aliphatic rings. The first-order valence-electron chi connectivity index (χ1n) is 6.61. The first kappa shape index (κ1) is 12.8. The van der Waals surface area contributed by atoms with Crippen LogP contribution in [0.3, 0.4) is 0 Å². The SMILES string of the molecule is CC(C)(NC(=O)C1(CN)CCOCC1)C1CC1. The number of nitrogens with two attached hydrogens (primary N) is 1. The van der Waals surface area contributed by atoms with E-state index in [9.17, 15) is 4.79 Å². The number of amides is 1. The van der Waals surface area contributed by atoms with E-state index in [1.807, 2.05) is 0 Å². The fraction of sp³-hybridized carbons (Fsp3) is 0.923. The van der Waals surface area contributed by atoms with Gasteiger partial charge in [0.15, 0.2) is 0 Å². The van der Waals surface area contributed by atoms with Crippen LogP contribution in [0.25, 0.3) is 0 Å². The summed E-state index contributed by atoms with van der Waals surface area (Å²) in [6, 6.07) is 0. The number of rotatable bonds is 4. The van der Waals surface area contributed by atoms with Crippen LogP contribution in [0.4, 0.5) is 0 Å². The van der Waals surface area contributed by atoms with Crippen molar-refractivity contribution in [1.29, 1.82) is 0 Å². The van der Waals surface area contributed by atoms with Crippen LogP contribution in [0.5, 0.6) is 0 Å². The average molecular weight is 240 g/mol. The van der Waals surface area contributed by atoms with Gasteiger partial charge in [0.05, 0.1) is 5.41 Å². The summed E-state index contributed by atoms with van der Waals surface area (Å²) in [6.07, 6.45) is 3.95. The third-order valence-corrected chi connectivity index (χ3v) is 4.36. The lowest BCUT2D eigenvalue weighted by atomic mass is 9.78. The highest BCUT2D eigenvalue weighted by atomic mass is 16.5. The molecule has 0 unspecified atom stereocenters. The highest BCUT2D eigenvalue weighted by molar-refractivity contribution is 5.83. The van der Waals surface area contributed by atoms with Crippen LogP contribution in [0.1, 0.15) is 39.5 Å². The van der Waals surface area contributed by atoms with Crippen molar-refractivity contribution in [3.63, 3.8) is 0 Å². The molecule has 1 heterocycles. The molecule has 1 aliphatic carbocycles. The number of carbonyl (C=O) groups is 1. The smallest absolute Gasteiger partial charge is 0.228 e. The van der Waals surface area contributed by atoms with E-state index in [1.165, 1.54) is 12.8 Å². The molecule has 0 bridgehead atoms. The van der Waals surface area contributed by atoms with E-state index in [-0.39, 0.29) is 11.4 Å². The van der Waals surface area contributed by atoms with Gasteiger partial charge < -0.3 is 15.8 Å². The molecule has 0 aromatic rings. The van der Waals surface area contributed by atoms with Gasteiger partial charge >= 0.3 is 0 Å². The van der Waals surface area contributed by atoms with Crippen LogP contribution in [0.15, 0.2) is 0 Å². The fourth-order valence-electron chi connectivity index (χ4n) is 2.62. The second-order valence-electron chi connectivity index (χ2n) is 6.05. The molecule has 1 amide bonds. The summed E-state index contributed by atoms with van der Waals surface area (Å²) in [5.74, 6) is 0.765. The quantitative estimate of drug-likeness (QED) is 0.772. The van der Waals surface area contributed by atoms with Crippen molar-refractivity contribution in [3.05, 3.63) is 0 Å². The molecule has 0 aromatic heterocycles. The predicted molar refractivity (Wildman–Crippen MR) is 66.5 cm³/mol. The van der Waals surface area contributed by atoms with Gasteiger partial charge in [-0.05, 0) is 45.4 Å². The zero-order chi connectivity index (χ0) is 12.5. The number of hydrogen-bond acceptors (Lipinski definition) is 3. The van der Waals surface area contributed by atoms with Gasteiger partial charge in [-0.15, -0.1) is 0 Å². The van der Waals surface area contributed by atoms with E-state index in [4.69, 9.17) is 10.5 Å². The Morgan fingerprint density at radius 2 is 2.00 bits per heavy atom. The number of nitrogens with one attached hydrogen (secondary N) is 1. The maximum absolute atomic E-state index is 12.5. The standard InChI is InChI=1S/C13H24N2O2/c1-12(2,10-3-4-10)15-11(16)13(9-14)5-7-17-8-6-13/h10H,3-9,14H2,1-2H3,(H,15,16). The summed E-state index contributed by atoms with van der Waals surface area (Å²) >= 11 is 0. The molecule has 0 atom stereocenters. The normalized spacial score (nSPS) is 24.4.